The van der Waals surface area contributed by atoms with Gasteiger partial charge >= 0.3 is 0 Å². The fraction of sp³-hybridized carbons (Fsp3) is 0.200. The smallest absolute Gasteiger partial charge is 0.283 e. The van der Waals surface area contributed by atoms with E-state index in [1.807, 2.05) is 0 Å². The van der Waals surface area contributed by atoms with E-state index < -0.39 is 4.92 Å². The Bertz CT molecular complexity index is 656. The Labute approximate surface area is 126 Å². The lowest BCUT2D eigenvalue weighted by molar-refractivity contribution is -0.385. The monoisotopic (exact) mass is 334 g/mol. The van der Waals surface area contributed by atoms with Crippen LogP contribution in [0.4, 0.5) is 11.4 Å². The first-order chi connectivity index (χ1) is 9.47. The Hall–Kier alpha value is -1.88. The van der Waals surface area contributed by atoms with Crippen LogP contribution in [0.2, 0.25) is 0 Å². The van der Waals surface area contributed by atoms with Crippen molar-refractivity contribution >= 4 is 27.3 Å². The Balaban J connectivity index is 2.13. The van der Waals surface area contributed by atoms with Gasteiger partial charge in [-0.1, -0.05) is 23.8 Å². The van der Waals surface area contributed by atoms with E-state index in [1.165, 1.54) is 22.8 Å². The van der Waals surface area contributed by atoms with Crippen molar-refractivity contribution in [2.24, 2.45) is 0 Å². The Morgan fingerprint density at radius 1 is 1.20 bits per heavy atom. The maximum atomic E-state index is 10.7. The lowest BCUT2D eigenvalue weighted by Gasteiger charge is -2.10. The van der Waals surface area contributed by atoms with E-state index in [2.05, 4.69) is 53.3 Å². The second kappa shape index (κ2) is 6.05. The van der Waals surface area contributed by atoms with Crippen LogP contribution in [0, 0.1) is 24.0 Å². The van der Waals surface area contributed by atoms with Crippen LogP contribution < -0.4 is 5.32 Å². The average molecular weight is 335 g/mol. The molecule has 0 heterocycles. The minimum atomic E-state index is -0.404. The molecular formula is C15H15BrN2O2. The maximum Gasteiger partial charge on any atom is 0.283 e. The van der Waals surface area contributed by atoms with Gasteiger partial charge in [-0.15, -0.1) is 0 Å². The topological polar surface area (TPSA) is 55.2 Å². The van der Waals surface area contributed by atoms with Crippen molar-refractivity contribution < 1.29 is 4.92 Å². The van der Waals surface area contributed by atoms with E-state index in [9.17, 15) is 10.1 Å². The van der Waals surface area contributed by atoms with Gasteiger partial charge in [0.1, 0.15) is 0 Å². The second-order valence-corrected chi connectivity index (χ2v) is 5.56. The molecule has 104 valence electrons. The van der Waals surface area contributed by atoms with E-state index in [0.717, 1.165) is 5.69 Å². The highest BCUT2D eigenvalue weighted by atomic mass is 79.9. The molecule has 0 aromatic heterocycles. The molecule has 0 unspecified atom stereocenters. The molecule has 0 saturated heterocycles. The number of nitro benzene ring substituents is 1. The third-order valence-electron chi connectivity index (χ3n) is 3.13. The molecule has 0 aliphatic rings. The molecule has 0 amide bonds. The van der Waals surface area contributed by atoms with Crippen LogP contribution in [0.3, 0.4) is 0 Å². The minimum absolute atomic E-state index is 0.0716. The number of nitro groups is 1. The van der Waals surface area contributed by atoms with E-state index in [1.54, 1.807) is 12.1 Å². The highest BCUT2D eigenvalue weighted by molar-refractivity contribution is 9.10. The van der Waals surface area contributed by atoms with Crippen LogP contribution in [0.15, 0.2) is 40.9 Å². The number of nitrogens with zero attached hydrogens (tertiary/aromatic N) is 1. The zero-order valence-corrected chi connectivity index (χ0v) is 12.9. The summed E-state index contributed by atoms with van der Waals surface area (Å²) in [6, 6.07) is 11.3. The minimum Gasteiger partial charge on any atom is -0.381 e. The highest BCUT2D eigenvalue weighted by Crippen LogP contribution is 2.28. The molecule has 4 nitrogen and oxygen atoms in total. The zero-order valence-electron chi connectivity index (χ0n) is 11.3. The first kappa shape index (κ1) is 14.5. The lowest BCUT2D eigenvalue weighted by Crippen LogP contribution is -2.02. The van der Waals surface area contributed by atoms with Gasteiger partial charge in [0.15, 0.2) is 0 Å². The van der Waals surface area contributed by atoms with Crippen molar-refractivity contribution in [2.75, 3.05) is 5.32 Å². The van der Waals surface area contributed by atoms with Crippen molar-refractivity contribution in [1.82, 2.24) is 0 Å². The van der Waals surface area contributed by atoms with Gasteiger partial charge in [-0.2, -0.15) is 0 Å². The molecule has 0 aliphatic heterocycles. The SMILES string of the molecule is Cc1ccc(C)c(CNc2ccc([N+](=O)[O-])c(Br)c2)c1. The fourth-order valence-corrected chi connectivity index (χ4v) is 2.48. The molecule has 0 fully saturated rings. The largest absolute Gasteiger partial charge is 0.381 e. The van der Waals surface area contributed by atoms with Crippen molar-refractivity contribution in [3.05, 3.63) is 67.7 Å². The Kier molecular flexibility index (Phi) is 4.39. The summed E-state index contributed by atoms with van der Waals surface area (Å²) in [6.45, 7) is 4.82. The van der Waals surface area contributed by atoms with E-state index >= 15 is 0 Å². The van der Waals surface area contributed by atoms with E-state index in [0.29, 0.717) is 11.0 Å². The summed E-state index contributed by atoms with van der Waals surface area (Å²) in [4.78, 5) is 10.3. The molecule has 0 saturated carbocycles. The fourth-order valence-electron chi connectivity index (χ4n) is 1.95. The summed E-state index contributed by atoms with van der Waals surface area (Å²) in [6.07, 6.45) is 0. The predicted octanol–water partition coefficient (Wildman–Crippen LogP) is 4.59. The van der Waals surface area contributed by atoms with Crippen molar-refractivity contribution in [1.29, 1.82) is 0 Å². The summed E-state index contributed by atoms with van der Waals surface area (Å²) in [5.74, 6) is 0. The van der Waals surface area contributed by atoms with Crippen LogP contribution in [-0.2, 0) is 6.54 Å². The summed E-state index contributed by atoms with van der Waals surface area (Å²) in [5.41, 5.74) is 4.59. The number of benzene rings is 2. The van der Waals surface area contributed by atoms with Crippen molar-refractivity contribution in [3.63, 3.8) is 0 Å². The highest BCUT2D eigenvalue weighted by Gasteiger charge is 2.11. The van der Waals surface area contributed by atoms with Gasteiger partial charge in [-0.3, -0.25) is 10.1 Å². The molecule has 0 atom stereocenters. The predicted molar refractivity (Wildman–Crippen MR) is 84.0 cm³/mol. The Morgan fingerprint density at radius 3 is 2.60 bits per heavy atom. The van der Waals surface area contributed by atoms with Gasteiger partial charge in [-0.25, -0.2) is 0 Å². The zero-order chi connectivity index (χ0) is 14.7. The van der Waals surface area contributed by atoms with Gasteiger partial charge in [0.05, 0.1) is 9.40 Å². The van der Waals surface area contributed by atoms with Crippen LogP contribution in [0.1, 0.15) is 16.7 Å². The second-order valence-electron chi connectivity index (χ2n) is 4.71. The molecule has 0 spiro atoms. The third kappa shape index (κ3) is 3.36. The molecule has 1 N–H and O–H groups in total. The van der Waals surface area contributed by atoms with Gasteiger partial charge in [-0.05, 0) is 53.0 Å². The van der Waals surface area contributed by atoms with Crippen molar-refractivity contribution in [3.8, 4) is 0 Å². The number of rotatable bonds is 4. The maximum absolute atomic E-state index is 10.7. The number of aryl methyl sites for hydroxylation is 2. The number of hydrogen-bond acceptors (Lipinski definition) is 3. The van der Waals surface area contributed by atoms with Crippen LogP contribution in [0.5, 0.6) is 0 Å². The number of nitrogens with one attached hydrogen (secondary N) is 1. The molecule has 2 aromatic carbocycles. The van der Waals surface area contributed by atoms with Crippen LogP contribution >= 0.6 is 15.9 Å². The lowest BCUT2D eigenvalue weighted by atomic mass is 10.1. The van der Waals surface area contributed by atoms with Gasteiger partial charge in [0, 0.05) is 18.3 Å². The molecule has 2 rings (SSSR count). The average Bonchev–Trinajstić information content (AvgIpc) is 2.39. The van der Waals surface area contributed by atoms with Crippen LogP contribution in [-0.4, -0.2) is 4.92 Å². The molecule has 5 heteroatoms. The number of anilines is 1. The molecule has 0 radical (unpaired) electrons. The Morgan fingerprint density at radius 2 is 1.95 bits per heavy atom. The first-order valence-electron chi connectivity index (χ1n) is 6.21. The van der Waals surface area contributed by atoms with Crippen molar-refractivity contribution in [2.45, 2.75) is 20.4 Å². The standard InChI is InChI=1S/C15H15BrN2O2/c1-10-3-4-11(2)12(7-10)9-17-13-5-6-15(18(19)20)14(16)8-13/h3-8,17H,9H2,1-2H3. The third-order valence-corrected chi connectivity index (χ3v) is 3.77. The van der Waals surface area contributed by atoms with Crippen LogP contribution in [0.25, 0.3) is 0 Å². The number of halogens is 1. The quantitative estimate of drug-likeness (QED) is 0.657. The number of hydrogen-bond donors (Lipinski definition) is 1. The summed E-state index contributed by atoms with van der Waals surface area (Å²) >= 11 is 3.22. The van der Waals surface area contributed by atoms with E-state index in [4.69, 9.17) is 0 Å². The summed E-state index contributed by atoms with van der Waals surface area (Å²) in [5, 5.41) is 14.0. The first-order valence-corrected chi connectivity index (χ1v) is 7.00. The van der Waals surface area contributed by atoms with E-state index in [-0.39, 0.29) is 5.69 Å². The summed E-state index contributed by atoms with van der Waals surface area (Å²) in [7, 11) is 0. The normalized spacial score (nSPS) is 10.3. The molecular weight excluding hydrogens is 320 g/mol. The molecule has 20 heavy (non-hydrogen) atoms. The molecule has 0 bridgehead atoms. The summed E-state index contributed by atoms with van der Waals surface area (Å²) < 4.78 is 0.480. The molecule has 2 aromatic rings. The van der Waals surface area contributed by atoms with Gasteiger partial charge in [0.2, 0.25) is 0 Å². The van der Waals surface area contributed by atoms with Gasteiger partial charge in [0.25, 0.3) is 5.69 Å². The van der Waals surface area contributed by atoms with Gasteiger partial charge < -0.3 is 5.32 Å². The molecule has 0 aliphatic carbocycles.